The molecule has 0 fully saturated rings. The number of hydrogen-bond donors (Lipinski definition) is 0. The number of ketones is 1. The number of esters is 1. The van der Waals surface area contributed by atoms with Crippen LogP contribution in [0.1, 0.15) is 20.7 Å². The third kappa shape index (κ3) is 3.21. The monoisotopic (exact) mass is 311 g/mol. The number of carbonyl (C=O) groups excluding carboxylic acids is 2. The number of ether oxygens (including phenoxy) is 2. The van der Waals surface area contributed by atoms with Crippen molar-refractivity contribution in [2.75, 3.05) is 13.7 Å². The smallest absolute Gasteiger partial charge is 0.338 e. The minimum atomic E-state index is -0.592. The van der Waals surface area contributed by atoms with Crippen molar-refractivity contribution in [1.82, 2.24) is 4.98 Å². The highest BCUT2D eigenvalue weighted by atomic mass is 16.5. The molecule has 0 saturated carbocycles. The molecule has 0 spiro atoms. The van der Waals surface area contributed by atoms with Crippen LogP contribution < -0.4 is 4.74 Å². The van der Waals surface area contributed by atoms with Crippen molar-refractivity contribution < 1.29 is 23.5 Å². The van der Waals surface area contributed by atoms with Crippen LogP contribution in [-0.2, 0) is 4.74 Å². The predicted molar refractivity (Wildman–Crippen MR) is 81.6 cm³/mol. The van der Waals surface area contributed by atoms with Gasteiger partial charge in [-0.15, -0.1) is 0 Å². The predicted octanol–water partition coefficient (Wildman–Crippen LogP) is 2.88. The Morgan fingerprint density at radius 2 is 2.00 bits per heavy atom. The SMILES string of the molecule is COc1cccc(C(=O)COC(=O)c2ccc3ocnc3c2)c1. The lowest BCUT2D eigenvalue weighted by Crippen LogP contribution is -2.14. The van der Waals surface area contributed by atoms with Crippen molar-refractivity contribution in [3.63, 3.8) is 0 Å². The first-order chi connectivity index (χ1) is 11.2. The summed E-state index contributed by atoms with van der Waals surface area (Å²) < 4.78 is 15.2. The maximum absolute atomic E-state index is 12.1. The molecular weight excluding hydrogens is 298 g/mol. The first-order valence-electron chi connectivity index (χ1n) is 6.85. The van der Waals surface area contributed by atoms with Gasteiger partial charge in [0.15, 0.2) is 24.4 Å². The Balaban J connectivity index is 1.66. The number of fused-ring (bicyclic) bond motifs is 1. The molecule has 3 aromatic rings. The molecule has 0 aliphatic carbocycles. The molecule has 116 valence electrons. The van der Waals surface area contributed by atoms with Gasteiger partial charge in [0.05, 0.1) is 12.7 Å². The van der Waals surface area contributed by atoms with Gasteiger partial charge in [0.1, 0.15) is 11.3 Å². The molecule has 0 bridgehead atoms. The van der Waals surface area contributed by atoms with Gasteiger partial charge in [0.25, 0.3) is 0 Å². The second-order valence-electron chi connectivity index (χ2n) is 4.77. The number of benzene rings is 2. The first kappa shape index (κ1) is 14.8. The lowest BCUT2D eigenvalue weighted by Gasteiger charge is -2.06. The first-order valence-corrected chi connectivity index (χ1v) is 6.85. The highest BCUT2D eigenvalue weighted by molar-refractivity contribution is 6.00. The fourth-order valence-corrected chi connectivity index (χ4v) is 2.08. The Morgan fingerprint density at radius 3 is 2.83 bits per heavy atom. The van der Waals surface area contributed by atoms with Crippen LogP contribution in [0.3, 0.4) is 0 Å². The molecule has 23 heavy (non-hydrogen) atoms. The van der Waals surface area contributed by atoms with E-state index in [1.54, 1.807) is 42.5 Å². The zero-order valence-corrected chi connectivity index (χ0v) is 12.3. The normalized spacial score (nSPS) is 10.5. The van der Waals surface area contributed by atoms with E-state index < -0.39 is 5.97 Å². The van der Waals surface area contributed by atoms with Crippen molar-refractivity contribution in [1.29, 1.82) is 0 Å². The topological polar surface area (TPSA) is 78.6 Å². The summed E-state index contributed by atoms with van der Waals surface area (Å²) in [6.07, 6.45) is 1.30. The molecule has 0 saturated heterocycles. The Hall–Kier alpha value is -3.15. The lowest BCUT2D eigenvalue weighted by atomic mass is 10.1. The van der Waals surface area contributed by atoms with E-state index in [1.165, 1.54) is 13.5 Å². The Kier molecular flexibility index (Phi) is 4.05. The summed E-state index contributed by atoms with van der Waals surface area (Å²) in [4.78, 5) is 28.0. The van der Waals surface area contributed by atoms with E-state index in [0.29, 0.717) is 28.0 Å². The molecule has 6 heteroatoms. The summed E-state index contributed by atoms with van der Waals surface area (Å²) >= 11 is 0. The molecule has 0 amide bonds. The standard InChI is InChI=1S/C17H13NO5/c1-21-13-4-2-3-11(7-13)15(19)9-22-17(20)12-5-6-16-14(8-12)18-10-23-16/h2-8,10H,9H2,1H3. The minimum absolute atomic E-state index is 0.306. The Bertz CT molecular complexity index is 868. The number of oxazole rings is 1. The molecule has 1 heterocycles. The molecule has 0 N–H and O–H groups in total. The highest BCUT2D eigenvalue weighted by Crippen LogP contribution is 2.16. The third-order valence-electron chi connectivity index (χ3n) is 3.29. The summed E-state index contributed by atoms with van der Waals surface area (Å²) in [6.45, 7) is -0.344. The molecule has 1 aromatic heterocycles. The van der Waals surface area contributed by atoms with E-state index in [9.17, 15) is 9.59 Å². The van der Waals surface area contributed by atoms with Crippen molar-refractivity contribution >= 4 is 22.9 Å². The summed E-state index contributed by atoms with van der Waals surface area (Å²) in [7, 11) is 1.52. The summed E-state index contributed by atoms with van der Waals surface area (Å²) in [5.74, 6) is -0.329. The van der Waals surface area contributed by atoms with Crippen molar-refractivity contribution in [2.45, 2.75) is 0 Å². The average molecular weight is 311 g/mol. The fraction of sp³-hybridized carbons (Fsp3) is 0.118. The second-order valence-corrected chi connectivity index (χ2v) is 4.77. The van der Waals surface area contributed by atoms with Gasteiger partial charge in [-0.05, 0) is 30.3 Å². The number of methoxy groups -OCH3 is 1. The van der Waals surface area contributed by atoms with E-state index in [-0.39, 0.29) is 12.4 Å². The number of aromatic nitrogens is 1. The van der Waals surface area contributed by atoms with Gasteiger partial charge >= 0.3 is 5.97 Å². The fourth-order valence-electron chi connectivity index (χ4n) is 2.08. The molecule has 0 radical (unpaired) electrons. The van der Waals surface area contributed by atoms with Crippen LogP contribution in [0.25, 0.3) is 11.1 Å². The van der Waals surface area contributed by atoms with Gasteiger partial charge in [-0.25, -0.2) is 9.78 Å². The lowest BCUT2D eigenvalue weighted by molar-refractivity contribution is 0.0475. The van der Waals surface area contributed by atoms with Crippen molar-refractivity contribution in [3.8, 4) is 5.75 Å². The van der Waals surface area contributed by atoms with E-state index in [0.717, 1.165) is 0 Å². The van der Waals surface area contributed by atoms with E-state index >= 15 is 0 Å². The van der Waals surface area contributed by atoms with Crippen LogP contribution in [0, 0.1) is 0 Å². The molecule has 0 aliphatic heterocycles. The largest absolute Gasteiger partial charge is 0.497 e. The molecule has 0 unspecified atom stereocenters. The number of carbonyl (C=O) groups is 2. The van der Waals surface area contributed by atoms with Gasteiger partial charge in [-0.2, -0.15) is 0 Å². The second kappa shape index (κ2) is 6.31. The number of nitrogens with zero attached hydrogens (tertiary/aromatic N) is 1. The maximum atomic E-state index is 12.1. The molecule has 3 rings (SSSR count). The van der Waals surface area contributed by atoms with Crippen molar-refractivity contribution in [2.24, 2.45) is 0 Å². The molecule has 2 aromatic carbocycles. The molecule has 0 atom stereocenters. The van der Waals surface area contributed by atoms with Gasteiger partial charge < -0.3 is 13.9 Å². The van der Waals surface area contributed by atoms with Gasteiger partial charge in [-0.3, -0.25) is 4.79 Å². The van der Waals surface area contributed by atoms with Gasteiger partial charge in [0, 0.05) is 5.56 Å². The Morgan fingerprint density at radius 1 is 1.13 bits per heavy atom. The molecular formula is C17H13NO5. The maximum Gasteiger partial charge on any atom is 0.338 e. The van der Waals surface area contributed by atoms with E-state index in [2.05, 4.69) is 4.98 Å². The quantitative estimate of drug-likeness (QED) is 0.532. The third-order valence-corrected chi connectivity index (χ3v) is 3.29. The summed E-state index contributed by atoms with van der Waals surface area (Å²) in [6, 6.07) is 11.4. The van der Waals surface area contributed by atoms with Crippen LogP contribution in [0.5, 0.6) is 5.75 Å². The Labute approximate surface area is 131 Å². The van der Waals surface area contributed by atoms with Crippen LogP contribution in [0.2, 0.25) is 0 Å². The number of Topliss-reactive ketones (excluding diaryl/α,β-unsaturated/α-hetero) is 1. The molecule has 0 aliphatic rings. The van der Waals surface area contributed by atoms with Crippen LogP contribution in [0.4, 0.5) is 0 Å². The zero-order valence-electron chi connectivity index (χ0n) is 12.3. The zero-order chi connectivity index (χ0) is 16.2. The van der Waals surface area contributed by atoms with Crippen LogP contribution in [0.15, 0.2) is 53.3 Å². The number of rotatable bonds is 5. The molecule has 6 nitrogen and oxygen atoms in total. The summed E-state index contributed by atoms with van der Waals surface area (Å²) in [5, 5.41) is 0. The van der Waals surface area contributed by atoms with E-state index in [1.807, 2.05) is 0 Å². The van der Waals surface area contributed by atoms with Crippen molar-refractivity contribution in [3.05, 3.63) is 60.0 Å². The number of hydrogen-bond acceptors (Lipinski definition) is 6. The highest BCUT2D eigenvalue weighted by Gasteiger charge is 2.13. The van der Waals surface area contributed by atoms with Crippen LogP contribution >= 0.6 is 0 Å². The average Bonchev–Trinajstić information content (AvgIpc) is 3.07. The van der Waals surface area contributed by atoms with E-state index in [4.69, 9.17) is 13.9 Å². The van der Waals surface area contributed by atoms with Gasteiger partial charge in [-0.1, -0.05) is 12.1 Å². The van der Waals surface area contributed by atoms with Gasteiger partial charge in [0.2, 0.25) is 0 Å². The summed E-state index contributed by atoms with van der Waals surface area (Å²) in [5.41, 5.74) is 1.86. The minimum Gasteiger partial charge on any atom is -0.497 e. The van der Waals surface area contributed by atoms with Crippen LogP contribution in [-0.4, -0.2) is 30.5 Å².